The van der Waals surface area contributed by atoms with Crippen LogP contribution in [0.3, 0.4) is 0 Å². The van der Waals surface area contributed by atoms with Crippen LogP contribution >= 0.6 is 0 Å². The predicted molar refractivity (Wildman–Crippen MR) is 63.8 cm³/mol. The van der Waals surface area contributed by atoms with Gasteiger partial charge in [-0.15, -0.1) is 0 Å². The van der Waals surface area contributed by atoms with Crippen molar-refractivity contribution in [2.45, 2.75) is 32.8 Å². The van der Waals surface area contributed by atoms with Crippen molar-refractivity contribution in [2.75, 3.05) is 0 Å². The van der Waals surface area contributed by atoms with Gasteiger partial charge < -0.3 is 4.74 Å². The average Bonchev–Trinajstić information content (AvgIpc) is 2.57. The molecule has 0 radical (unpaired) electrons. The normalized spacial score (nSPS) is 17.9. The average molecular weight is 216 g/mol. The quantitative estimate of drug-likeness (QED) is 0.723. The van der Waals surface area contributed by atoms with Gasteiger partial charge in [0.15, 0.2) is 0 Å². The number of benzene rings is 1. The minimum absolute atomic E-state index is 0.159. The number of fused-ring (bicyclic) bond motifs is 1. The monoisotopic (exact) mass is 216 g/mol. The fourth-order valence-corrected chi connectivity index (χ4v) is 2.15. The van der Waals surface area contributed by atoms with E-state index < -0.39 is 0 Å². The van der Waals surface area contributed by atoms with Crippen LogP contribution in [0.4, 0.5) is 0 Å². The van der Waals surface area contributed by atoms with Crippen molar-refractivity contribution in [3.63, 3.8) is 0 Å². The van der Waals surface area contributed by atoms with Gasteiger partial charge in [-0.1, -0.05) is 43.7 Å². The van der Waals surface area contributed by atoms with Gasteiger partial charge in [0.25, 0.3) is 0 Å². The van der Waals surface area contributed by atoms with Crippen LogP contribution in [0.15, 0.2) is 29.8 Å². The van der Waals surface area contributed by atoms with Crippen LogP contribution < -0.4 is 0 Å². The molecule has 0 saturated carbocycles. The highest BCUT2D eigenvalue weighted by Gasteiger charge is 2.26. The first-order chi connectivity index (χ1) is 7.72. The SMILES string of the molecule is CCCC1=Cc2ccccc2C1OC(C)=O. The Morgan fingerprint density at radius 2 is 2.12 bits per heavy atom. The fourth-order valence-electron chi connectivity index (χ4n) is 2.15. The van der Waals surface area contributed by atoms with Crippen LogP contribution in [-0.2, 0) is 9.53 Å². The maximum atomic E-state index is 11.1. The molecule has 2 nitrogen and oxygen atoms in total. The number of rotatable bonds is 3. The van der Waals surface area contributed by atoms with Crippen molar-refractivity contribution in [2.24, 2.45) is 0 Å². The summed E-state index contributed by atoms with van der Waals surface area (Å²) in [5.74, 6) is -0.219. The van der Waals surface area contributed by atoms with Crippen LogP contribution in [0, 0.1) is 0 Å². The van der Waals surface area contributed by atoms with Crippen LogP contribution in [0.1, 0.15) is 43.9 Å². The predicted octanol–water partition coefficient (Wildman–Crippen LogP) is 3.49. The van der Waals surface area contributed by atoms with Gasteiger partial charge in [0.05, 0.1) is 0 Å². The van der Waals surface area contributed by atoms with E-state index in [-0.39, 0.29) is 12.1 Å². The van der Waals surface area contributed by atoms with E-state index in [1.165, 1.54) is 18.1 Å². The Hall–Kier alpha value is -1.57. The van der Waals surface area contributed by atoms with E-state index in [0.717, 1.165) is 18.4 Å². The Morgan fingerprint density at radius 1 is 1.38 bits per heavy atom. The van der Waals surface area contributed by atoms with Gasteiger partial charge in [-0.2, -0.15) is 0 Å². The number of carbonyl (C=O) groups excluding carboxylic acids is 1. The highest BCUT2D eigenvalue weighted by Crippen LogP contribution is 2.39. The lowest BCUT2D eigenvalue weighted by Crippen LogP contribution is -2.08. The molecule has 1 atom stereocenters. The van der Waals surface area contributed by atoms with E-state index in [9.17, 15) is 4.79 Å². The van der Waals surface area contributed by atoms with Gasteiger partial charge in [-0.25, -0.2) is 0 Å². The Kier molecular flexibility index (Phi) is 3.09. The van der Waals surface area contributed by atoms with Gasteiger partial charge in [-0.3, -0.25) is 4.79 Å². The van der Waals surface area contributed by atoms with Crippen LogP contribution in [-0.4, -0.2) is 5.97 Å². The number of hydrogen-bond acceptors (Lipinski definition) is 2. The van der Waals surface area contributed by atoms with E-state index >= 15 is 0 Å². The van der Waals surface area contributed by atoms with Gasteiger partial charge in [0.2, 0.25) is 0 Å². The molecule has 1 unspecified atom stereocenters. The second kappa shape index (κ2) is 4.52. The summed E-state index contributed by atoms with van der Waals surface area (Å²) in [7, 11) is 0. The zero-order chi connectivity index (χ0) is 11.5. The Morgan fingerprint density at radius 3 is 2.81 bits per heavy atom. The highest BCUT2D eigenvalue weighted by molar-refractivity contribution is 5.71. The van der Waals surface area contributed by atoms with Gasteiger partial charge in [0, 0.05) is 12.5 Å². The molecule has 0 bridgehead atoms. The van der Waals surface area contributed by atoms with Gasteiger partial charge in [-0.05, 0) is 17.6 Å². The molecule has 1 aliphatic carbocycles. The summed E-state index contributed by atoms with van der Waals surface area (Å²) in [5.41, 5.74) is 3.50. The van der Waals surface area contributed by atoms with E-state index in [1.807, 2.05) is 18.2 Å². The Labute approximate surface area is 95.9 Å². The zero-order valence-corrected chi connectivity index (χ0v) is 9.69. The molecule has 0 N–H and O–H groups in total. The second-order valence-electron chi connectivity index (χ2n) is 4.09. The van der Waals surface area contributed by atoms with Gasteiger partial charge >= 0.3 is 5.97 Å². The molecule has 16 heavy (non-hydrogen) atoms. The molecule has 0 fully saturated rings. The number of esters is 1. The molecule has 0 heterocycles. The highest BCUT2D eigenvalue weighted by atomic mass is 16.5. The Bertz CT molecular complexity index is 432. The first kappa shape index (κ1) is 10.9. The maximum absolute atomic E-state index is 11.1. The minimum Gasteiger partial charge on any atom is -0.453 e. The van der Waals surface area contributed by atoms with E-state index in [2.05, 4.69) is 19.1 Å². The summed E-state index contributed by atoms with van der Waals surface area (Å²) < 4.78 is 5.40. The molecule has 0 aliphatic heterocycles. The summed E-state index contributed by atoms with van der Waals surface area (Å²) in [6.07, 6.45) is 4.03. The Balaban J connectivity index is 2.32. The molecule has 1 aromatic carbocycles. The summed E-state index contributed by atoms with van der Waals surface area (Å²) in [4.78, 5) is 11.1. The lowest BCUT2D eigenvalue weighted by Gasteiger charge is -2.16. The van der Waals surface area contributed by atoms with Crippen LogP contribution in [0.2, 0.25) is 0 Å². The fraction of sp³-hybridized carbons (Fsp3) is 0.357. The number of hydrogen-bond donors (Lipinski definition) is 0. The van der Waals surface area contributed by atoms with Crippen molar-refractivity contribution in [3.05, 3.63) is 41.0 Å². The topological polar surface area (TPSA) is 26.3 Å². The smallest absolute Gasteiger partial charge is 0.303 e. The molecule has 1 aromatic rings. The summed E-state index contributed by atoms with van der Waals surface area (Å²) in [6.45, 7) is 3.60. The third-order valence-corrected chi connectivity index (χ3v) is 2.78. The van der Waals surface area contributed by atoms with Crippen molar-refractivity contribution in [3.8, 4) is 0 Å². The molecule has 2 rings (SSSR count). The summed E-state index contributed by atoms with van der Waals surface area (Å²) in [5, 5.41) is 0. The number of ether oxygens (including phenoxy) is 1. The lowest BCUT2D eigenvalue weighted by atomic mass is 10.0. The first-order valence-corrected chi connectivity index (χ1v) is 5.69. The van der Waals surface area contributed by atoms with Crippen molar-refractivity contribution in [1.29, 1.82) is 0 Å². The summed E-state index contributed by atoms with van der Waals surface area (Å²) >= 11 is 0. The molecule has 0 aromatic heterocycles. The summed E-state index contributed by atoms with van der Waals surface area (Å²) in [6, 6.07) is 8.09. The van der Waals surface area contributed by atoms with E-state index in [1.54, 1.807) is 0 Å². The molecular weight excluding hydrogens is 200 g/mol. The molecule has 0 spiro atoms. The molecule has 2 heteroatoms. The standard InChI is InChI=1S/C14H16O2/c1-3-6-12-9-11-7-4-5-8-13(11)14(12)16-10(2)15/h4-5,7-9,14H,3,6H2,1-2H3. The van der Waals surface area contributed by atoms with Crippen LogP contribution in [0.25, 0.3) is 6.08 Å². The molecular formula is C14H16O2. The molecule has 0 saturated heterocycles. The number of carbonyl (C=O) groups is 1. The van der Waals surface area contributed by atoms with Crippen LogP contribution in [0.5, 0.6) is 0 Å². The second-order valence-corrected chi connectivity index (χ2v) is 4.09. The van der Waals surface area contributed by atoms with Crippen molar-refractivity contribution < 1.29 is 9.53 Å². The third-order valence-electron chi connectivity index (χ3n) is 2.78. The first-order valence-electron chi connectivity index (χ1n) is 5.69. The van der Waals surface area contributed by atoms with E-state index in [4.69, 9.17) is 4.74 Å². The zero-order valence-electron chi connectivity index (χ0n) is 9.69. The lowest BCUT2D eigenvalue weighted by molar-refractivity contribution is -0.144. The third kappa shape index (κ3) is 2.01. The van der Waals surface area contributed by atoms with E-state index in [0.29, 0.717) is 0 Å². The maximum Gasteiger partial charge on any atom is 0.303 e. The largest absolute Gasteiger partial charge is 0.453 e. The molecule has 84 valence electrons. The van der Waals surface area contributed by atoms with Crippen molar-refractivity contribution in [1.82, 2.24) is 0 Å². The molecule has 1 aliphatic rings. The van der Waals surface area contributed by atoms with Crippen molar-refractivity contribution >= 4 is 12.0 Å². The molecule has 0 amide bonds. The minimum atomic E-state index is -0.219. The van der Waals surface area contributed by atoms with Gasteiger partial charge in [0.1, 0.15) is 6.10 Å².